The maximum Gasteiger partial charge on any atom is 0.352 e. The summed E-state index contributed by atoms with van der Waals surface area (Å²) in [6.45, 7) is 1.90. The lowest BCUT2D eigenvalue weighted by atomic mass is 10.2. The Kier molecular flexibility index (Phi) is 5.78. The predicted molar refractivity (Wildman–Crippen MR) is 89.4 cm³/mol. The number of benzene rings is 2. The van der Waals surface area contributed by atoms with Crippen LogP contribution in [0.1, 0.15) is 6.92 Å². The zero-order valence-electron chi connectivity index (χ0n) is 12.7. The van der Waals surface area contributed by atoms with Crippen LogP contribution in [0.25, 0.3) is 0 Å². The highest BCUT2D eigenvalue weighted by Crippen LogP contribution is 2.16. The van der Waals surface area contributed by atoms with Gasteiger partial charge in [-0.05, 0) is 31.2 Å². The monoisotopic (exact) mass is 307 g/mol. The van der Waals surface area contributed by atoms with Crippen molar-refractivity contribution in [2.45, 2.75) is 6.92 Å². The van der Waals surface area contributed by atoms with Gasteiger partial charge in [-0.1, -0.05) is 36.4 Å². The van der Waals surface area contributed by atoms with Gasteiger partial charge in [-0.15, -0.1) is 0 Å². The Bertz CT molecular complexity index is 675. The molecule has 2 aromatic carbocycles. The SMILES string of the molecule is CCOC(=O)C(C#N)=C(Nc1ccccc1)Nc1ccccc1. The van der Waals surface area contributed by atoms with Gasteiger partial charge in [-0.25, -0.2) is 4.79 Å². The molecule has 5 heteroatoms. The molecule has 0 bridgehead atoms. The minimum atomic E-state index is -0.670. The molecule has 116 valence electrons. The van der Waals surface area contributed by atoms with Gasteiger partial charge >= 0.3 is 5.97 Å². The summed E-state index contributed by atoms with van der Waals surface area (Å²) in [6.07, 6.45) is 0. The van der Waals surface area contributed by atoms with Gasteiger partial charge in [0.25, 0.3) is 0 Å². The van der Waals surface area contributed by atoms with Gasteiger partial charge in [0.2, 0.25) is 0 Å². The molecule has 0 heterocycles. The zero-order valence-corrected chi connectivity index (χ0v) is 12.7. The molecule has 0 fully saturated rings. The number of ether oxygens (including phenoxy) is 1. The Morgan fingerprint density at radius 2 is 1.48 bits per heavy atom. The fourth-order valence-corrected chi connectivity index (χ4v) is 1.89. The van der Waals surface area contributed by atoms with E-state index in [0.29, 0.717) is 0 Å². The van der Waals surface area contributed by atoms with E-state index < -0.39 is 5.97 Å². The van der Waals surface area contributed by atoms with Crippen LogP contribution in [0.15, 0.2) is 72.1 Å². The van der Waals surface area contributed by atoms with E-state index in [2.05, 4.69) is 10.6 Å². The molecule has 0 aromatic heterocycles. The largest absolute Gasteiger partial charge is 0.462 e. The van der Waals surface area contributed by atoms with Gasteiger partial charge in [0, 0.05) is 11.4 Å². The number of carbonyl (C=O) groups excluding carboxylic acids is 1. The summed E-state index contributed by atoms with van der Waals surface area (Å²) in [5.41, 5.74) is 1.39. The Hall–Kier alpha value is -3.26. The van der Waals surface area contributed by atoms with Crippen molar-refractivity contribution in [2.75, 3.05) is 17.2 Å². The molecule has 0 aliphatic carbocycles. The van der Waals surface area contributed by atoms with Crippen molar-refractivity contribution >= 4 is 17.3 Å². The number of anilines is 2. The predicted octanol–water partition coefficient (Wildman–Crippen LogP) is 3.51. The highest BCUT2D eigenvalue weighted by atomic mass is 16.5. The first kappa shape index (κ1) is 16.1. The van der Waals surface area contributed by atoms with Crippen LogP contribution in [0, 0.1) is 11.3 Å². The molecule has 5 nitrogen and oxygen atoms in total. The summed E-state index contributed by atoms with van der Waals surface area (Å²) >= 11 is 0. The van der Waals surface area contributed by atoms with Crippen molar-refractivity contribution in [1.29, 1.82) is 5.26 Å². The van der Waals surface area contributed by atoms with Crippen LogP contribution in [-0.2, 0) is 9.53 Å². The van der Waals surface area contributed by atoms with E-state index in [1.54, 1.807) is 6.92 Å². The highest BCUT2D eigenvalue weighted by Gasteiger charge is 2.17. The molecule has 0 radical (unpaired) electrons. The first-order chi connectivity index (χ1) is 11.2. The van der Waals surface area contributed by atoms with Gasteiger partial charge in [0.1, 0.15) is 11.9 Å². The van der Waals surface area contributed by atoms with Crippen LogP contribution < -0.4 is 10.6 Å². The molecule has 0 saturated carbocycles. The van der Waals surface area contributed by atoms with E-state index >= 15 is 0 Å². The van der Waals surface area contributed by atoms with E-state index in [9.17, 15) is 10.1 Å². The number of esters is 1. The van der Waals surface area contributed by atoms with Crippen molar-refractivity contribution in [3.63, 3.8) is 0 Å². The molecular weight excluding hydrogens is 290 g/mol. The molecule has 0 unspecified atom stereocenters. The van der Waals surface area contributed by atoms with Gasteiger partial charge in [-0.2, -0.15) is 5.26 Å². The fraction of sp³-hybridized carbons (Fsp3) is 0.111. The second-order valence-electron chi connectivity index (χ2n) is 4.56. The summed E-state index contributed by atoms with van der Waals surface area (Å²) in [5, 5.41) is 15.5. The molecule has 2 N–H and O–H groups in total. The topological polar surface area (TPSA) is 74.2 Å². The van der Waals surface area contributed by atoms with E-state index in [4.69, 9.17) is 4.74 Å². The van der Waals surface area contributed by atoms with Crippen LogP contribution in [0.4, 0.5) is 11.4 Å². The Balaban J connectivity index is 2.37. The van der Waals surface area contributed by atoms with Crippen molar-refractivity contribution < 1.29 is 9.53 Å². The first-order valence-electron chi connectivity index (χ1n) is 7.20. The Labute approximate surface area is 135 Å². The van der Waals surface area contributed by atoms with Gasteiger partial charge in [-0.3, -0.25) is 0 Å². The smallest absolute Gasteiger partial charge is 0.352 e. The van der Waals surface area contributed by atoms with Crippen molar-refractivity contribution in [2.24, 2.45) is 0 Å². The Morgan fingerprint density at radius 3 is 1.87 bits per heavy atom. The van der Waals surface area contributed by atoms with Gasteiger partial charge < -0.3 is 15.4 Å². The number of nitriles is 1. The molecule has 0 saturated heterocycles. The van der Waals surface area contributed by atoms with Crippen molar-refractivity contribution in [3.8, 4) is 6.07 Å². The molecule has 2 aromatic rings. The number of para-hydroxylation sites is 2. The highest BCUT2D eigenvalue weighted by molar-refractivity contribution is 5.95. The summed E-state index contributed by atoms with van der Waals surface area (Å²) < 4.78 is 4.95. The van der Waals surface area contributed by atoms with E-state index in [0.717, 1.165) is 11.4 Å². The summed E-state index contributed by atoms with van der Waals surface area (Å²) in [4.78, 5) is 12.0. The fourth-order valence-electron chi connectivity index (χ4n) is 1.89. The molecule has 2 rings (SSSR count). The average molecular weight is 307 g/mol. The average Bonchev–Trinajstić information content (AvgIpc) is 2.57. The maximum absolute atomic E-state index is 12.0. The molecule has 0 atom stereocenters. The molecule has 0 aliphatic rings. The number of nitrogens with zero attached hydrogens (tertiary/aromatic N) is 1. The lowest BCUT2D eigenvalue weighted by Gasteiger charge is -2.15. The molecule has 0 spiro atoms. The van der Waals surface area contributed by atoms with Gasteiger partial charge in [0.15, 0.2) is 5.57 Å². The lowest BCUT2D eigenvalue weighted by Crippen LogP contribution is -2.18. The number of rotatable bonds is 6. The minimum absolute atomic E-state index is 0.112. The lowest BCUT2D eigenvalue weighted by molar-refractivity contribution is -0.138. The van der Waals surface area contributed by atoms with Crippen LogP contribution >= 0.6 is 0 Å². The maximum atomic E-state index is 12.0. The third-order valence-corrected chi connectivity index (χ3v) is 2.93. The first-order valence-corrected chi connectivity index (χ1v) is 7.20. The number of nitrogens with one attached hydrogen (secondary N) is 2. The molecule has 0 aliphatic heterocycles. The molecule has 0 amide bonds. The van der Waals surface area contributed by atoms with E-state index in [1.165, 1.54) is 0 Å². The normalized spacial score (nSPS) is 9.39. The summed E-state index contributed by atoms with van der Waals surface area (Å²) in [6, 6.07) is 20.5. The van der Waals surface area contributed by atoms with Crippen LogP contribution in [-0.4, -0.2) is 12.6 Å². The molecule has 23 heavy (non-hydrogen) atoms. The number of hydrogen-bond donors (Lipinski definition) is 2. The zero-order chi connectivity index (χ0) is 16.5. The second-order valence-corrected chi connectivity index (χ2v) is 4.56. The quantitative estimate of drug-likeness (QED) is 0.485. The van der Waals surface area contributed by atoms with Crippen LogP contribution in [0.2, 0.25) is 0 Å². The third-order valence-electron chi connectivity index (χ3n) is 2.93. The molecular formula is C18H17N3O2. The Morgan fingerprint density at radius 1 is 1.00 bits per heavy atom. The van der Waals surface area contributed by atoms with Crippen LogP contribution in [0.3, 0.4) is 0 Å². The van der Waals surface area contributed by atoms with Crippen LogP contribution in [0.5, 0.6) is 0 Å². The van der Waals surface area contributed by atoms with Crippen molar-refractivity contribution in [1.82, 2.24) is 0 Å². The minimum Gasteiger partial charge on any atom is -0.462 e. The second kappa shape index (κ2) is 8.25. The summed E-state index contributed by atoms with van der Waals surface area (Å²) in [7, 11) is 0. The third kappa shape index (κ3) is 4.61. The number of carbonyl (C=O) groups is 1. The van der Waals surface area contributed by atoms with Gasteiger partial charge in [0.05, 0.1) is 6.61 Å². The van der Waals surface area contributed by atoms with E-state index in [1.807, 2.05) is 66.7 Å². The number of hydrogen-bond acceptors (Lipinski definition) is 5. The standard InChI is InChI=1S/C18H17N3O2/c1-2-23-18(22)16(13-19)17(20-14-9-5-3-6-10-14)21-15-11-7-4-8-12-15/h3-12,20-21H,2H2,1H3. The van der Waals surface area contributed by atoms with E-state index in [-0.39, 0.29) is 18.0 Å². The van der Waals surface area contributed by atoms with Crippen molar-refractivity contribution in [3.05, 3.63) is 72.1 Å². The summed E-state index contributed by atoms with van der Waals surface area (Å²) in [5.74, 6) is -0.389.